The van der Waals surface area contributed by atoms with Crippen molar-refractivity contribution in [3.63, 3.8) is 0 Å². The summed E-state index contributed by atoms with van der Waals surface area (Å²) >= 11 is 0. The molecule has 0 unspecified atom stereocenters. The van der Waals surface area contributed by atoms with Crippen LogP contribution in [0.25, 0.3) is 44.9 Å². The monoisotopic (exact) mass is 444 g/mol. The third-order valence-electron chi connectivity index (χ3n) is 5.62. The molecule has 3 aromatic heterocycles. The fraction of sp³-hybridized carbons (Fsp3) is 0.125. The summed E-state index contributed by atoms with van der Waals surface area (Å²) in [6, 6.07) is 18.1. The van der Waals surface area contributed by atoms with Crippen molar-refractivity contribution < 1.29 is 13.0 Å². The van der Waals surface area contributed by atoms with Gasteiger partial charge in [-0.1, -0.05) is 30.3 Å². The van der Waals surface area contributed by atoms with Crippen LogP contribution in [0.15, 0.2) is 77.6 Å². The average molecular weight is 444 g/mol. The molecule has 1 aliphatic heterocycles. The van der Waals surface area contributed by atoms with Crippen molar-refractivity contribution in [3.05, 3.63) is 79.0 Å². The zero-order chi connectivity index (χ0) is 21.7. The predicted octanol–water partition coefficient (Wildman–Crippen LogP) is 4.86. The minimum absolute atomic E-state index is 0.0744. The molecular weight excluding hydrogens is 427 g/mol. The number of nitrogens with zero attached hydrogens (tertiary/aromatic N) is 4. The van der Waals surface area contributed by atoms with Crippen LogP contribution in [0.5, 0.6) is 0 Å². The summed E-state index contributed by atoms with van der Waals surface area (Å²) in [6.45, 7) is 0. The van der Waals surface area contributed by atoms with Gasteiger partial charge in [0.25, 0.3) is 0 Å². The van der Waals surface area contributed by atoms with Crippen molar-refractivity contribution in [1.82, 2.24) is 19.7 Å². The van der Waals surface area contributed by atoms with Gasteiger partial charge in [-0.25, -0.2) is 14.4 Å². The van der Waals surface area contributed by atoms with E-state index in [1.165, 1.54) is 18.5 Å². The maximum atomic E-state index is 13.5. The zero-order valence-corrected chi connectivity index (χ0v) is 17.6. The number of hydrogen-bond acceptors (Lipinski definition) is 5. The van der Waals surface area contributed by atoms with Crippen LogP contribution in [0.3, 0.4) is 0 Å². The van der Waals surface area contributed by atoms with E-state index in [4.69, 9.17) is 9.52 Å². The summed E-state index contributed by atoms with van der Waals surface area (Å²) in [6.07, 6.45) is 3.40. The lowest BCUT2D eigenvalue weighted by Gasteiger charge is -2.24. The lowest BCUT2D eigenvalue weighted by Crippen LogP contribution is -2.33. The number of fused-ring (bicyclic) bond motifs is 1. The molecule has 1 aliphatic rings. The van der Waals surface area contributed by atoms with Gasteiger partial charge in [-0.2, -0.15) is 5.10 Å². The number of rotatable bonds is 4. The first-order valence-corrected chi connectivity index (χ1v) is 11.6. The smallest absolute Gasteiger partial charge is 0.230 e. The summed E-state index contributed by atoms with van der Waals surface area (Å²) < 4.78 is 33.1. The quantitative estimate of drug-likeness (QED) is 0.396. The van der Waals surface area contributed by atoms with Crippen LogP contribution < -0.4 is 0 Å². The van der Waals surface area contributed by atoms with E-state index in [2.05, 4.69) is 9.97 Å². The molecule has 6 rings (SSSR count). The lowest BCUT2D eigenvalue weighted by molar-refractivity contribution is 0.507. The Hall–Kier alpha value is -3.65. The highest BCUT2D eigenvalue weighted by atomic mass is 32.2. The van der Waals surface area contributed by atoms with Gasteiger partial charge < -0.3 is 4.42 Å². The molecule has 0 N–H and O–H groups in total. The number of furan rings is 1. The van der Waals surface area contributed by atoms with E-state index in [0.717, 1.165) is 22.1 Å². The second-order valence-corrected chi connectivity index (χ2v) is 9.27. The summed E-state index contributed by atoms with van der Waals surface area (Å²) in [5, 5.41) is 5.55. The molecule has 0 bridgehead atoms. The van der Waals surface area contributed by atoms with Crippen LogP contribution in [-0.4, -0.2) is 35.5 Å². The van der Waals surface area contributed by atoms with Crippen LogP contribution in [0.2, 0.25) is 0 Å². The Morgan fingerprint density at radius 3 is 2.50 bits per heavy atom. The molecule has 0 aliphatic carbocycles. The number of benzene rings is 2. The number of hydrogen-bond donors (Lipinski definition) is 0. The van der Waals surface area contributed by atoms with Gasteiger partial charge in [-0.3, -0.25) is 8.89 Å². The van der Waals surface area contributed by atoms with E-state index < -0.39 is 10.8 Å². The molecule has 0 saturated carbocycles. The van der Waals surface area contributed by atoms with Gasteiger partial charge in [0.2, 0.25) is 5.71 Å². The predicted molar refractivity (Wildman–Crippen MR) is 121 cm³/mol. The molecule has 32 heavy (non-hydrogen) atoms. The van der Waals surface area contributed by atoms with Crippen LogP contribution >= 0.6 is 0 Å². The van der Waals surface area contributed by atoms with E-state index >= 15 is 0 Å². The third-order valence-corrected chi connectivity index (χ3v) is 7.14. The Morgan fingerprint density at radius 1 is 0.969 bits per heavy atom. The van der Waals surface area contributed by atoms with E-state index in [1.54, 1.807) is 12.1 Å². The van der Waals surface area contributed by atoms with Crippen molar-refractivity contribution in [3.8, 4) is 33.8 Å². The van der Waals surface area contributed by atoms with Gasteiger partial charge in [-0.05, 0) is 30.3 Å². The average Bonchev–Trinajstić information content (AvgIpc) is 3.43. The number of aromatic nitrogens is 4. The van der Waals surface area contributed by atoms with Crippen LogP contribution in [0.4, 0.5) is 4.39 Å². The van der Waals surface area contributed by atoms with Gasteiger partial charge in [-0.15, -0.1) is 0 Å². The molecule has 1 fully saturated rings. The molecule has 0 spiro atoms. The van der Waals surface area contributed by atoms with Crippen molar-refractivity contribution >= 4 is 21.9 Å². The van der Waals surface area contributed by atoms with Crippen LogP contribution in [0.1, 0.15) is 6.04 Å². The topological polar surface area (TPSA) is 73.8 Å². The minimum atomic E-state index is -0.803. The summed E-state index contributed by atoms with van der Waals surface area (Å²) in [5.74, 6) is 1.54. The first kappa shape index (κ1) is 19.1. The summed E-state index contributed by atoms with van der Waals surface area (Å²) in [5.41, 5.74) is 4.37. The molecular formula is C24H17FN4O2S. The van der Waals surface area contributed by atoms with Crippen LogP contribution in [-0.2, 0) is 10.8 Å². The van der Waals surface area contributed by atoms with Gasteiger partial charge in [0.05, 0.1) is 17.1 Å². The molecule has 158 valence electrons. The molecule has 8 heteroatoms. The highest BCUT2D eigenvalue weighted by Crippen LogP contribution is 2.37. The van der Waals surface area contributed by atoms with E-state index in [9.17, 15) is 8.60 Å². The zero-order valence-electron chi connectivity index (χ0n) is 16.8. The van der Waals surface area contributed by atoms with Gasteiger partial charge >= 0.3 is 0 Å². The summed E-state index contributed by atoms with van der Waals surface area (Å²) in [7, 11) is -0.803. The normalized spacial score (nSPS) is 18.0. The Labute approximate surface area is 185 Å². The SMILES string of the molecule is O=S1CC(n2cc(-c3ncnc4oc(-c5ccccc5)cc34)c(-c3ccc(F)cc3)n2)C1. The first-order valence-electron chi connectivity index (χ1n) is 10.2. The van der Waals surface area contributed by atoms with Crippen molar-refractivity contribution in [2.75, 3.05) is 11.5 Å². The fourth-order valence-electron chi connectivity index (χ4n) is 3.92. The maximum Gasteiger partial charge on any atom is 0.230 e. The van der Waals surface area contributed by atoms with E-state index in [-0.39, 0.29) is 11.9 Å². The first-order chi connectivity index (χ1) is 15.7. The Bertz CT molecular complexity index is 1450. The molecule has 1 saturated heterocycles. The second-order valence-electron chi connectivity index (χ2n) is 7.72. The molecule has 6 nitrogen and oxygen atoms in total. The van der Waals surface area contributed by atoms with E-state index in [1.807, 2.05) is 47.3 Å². The van der Waals surface area contributed by atoms with Gasteiger partial charge in [0.1, 0.15) is 23.6 Å². The molecule has 5 aromatic rings. The molecule has 4 heterocycles. The standard InChI is InChI=1S/C24H17FN4O2S/c25-17-8-6-16(7-9-17)22-20(11-29(28-22)18-12-32(30)13-18)23-19-10-21(15-4-2-1-3-5-15)31-24(19)27-14-26-23/h1-11,14,18H,12-13H2. The van der Waals surface area contributed by atoms with Crippen molar-refractivity contribution in [2.24, 2.45) is 0 Å². The van der Waals surface area contributed by atoms with E-state index in [0.29, 0.717) is 34.4 Å². The molecule has 0 radical (unpaired) electrons. The second kappa shape index (κ2) is 7.49. The van der Waals surface area contributed by atoms with Crippen molar-refractivity contribution in [2.45, 2.75) is 6.04 Å². The summed E-state index contributed by atoms with van der Waals surface area (Å²) in [4.78, 5) is 8.87. The minimum Gasteiger partial charge on any atom is -0.438 e. The Kier molecular flexibility index (Phi) is 4.46. The largest absolute Gasteiger partial charge is 0.438 e. The number of halogens is 1. The Morgan fingerprint density at radius 2 is 1.75 bits per heavy atom. The van der Waals surface area contributed by atoms with Gasteiger partial charge in [0, 0.05) is 45.2 Å². The van der Waals surface area contributed by atoms with Crippen LogP contribution in [0, 0.1) is 5.82 Å². The lowest BCUT2D eigenvalue weighted by atomic mass is 10.0. The Balaban J connectivity index is 1.53. The molecule has 0 amide bonds. The highest BCUT2D eigenvalue weighted by molar-refractivity contribution is 7.86. The maximum absolute atomic E-state index is 13.5. The van der Waals surface area contributed by atoms with Gasteiger partial charge in [0.15, 0.2) is 0 Å². The molecule has 2 aromatic carbocycles. The van der Waals surface area contributed by atoms with Crippen molar-refractivity contribution in [1.29, 1.82) is 0 Å². The molecule has 0 atom stereocenters. The fourth-order valence-corrected chi connectivity index (χ4v) is 4.99. The highest BCUT2D eigenvalue weighted by Gasteiger charge is 2.30. The third kappa shape index (κ3) is 3.23.